The van der Waals surface area contributed by atoms with Gasteiger partial charge in [0.2, 0.25) is 5.88 Å². The van der Waals surface area contributed by atoms with Crippen LogP contribution in [0.4, 0.5) is 15.0 Å². The number of hydrogen-bond acceptors (Lipinski definition) is 6. The van der Waals surface area contributed by atoms with Crippen molar-refractivity contribution in [3.05, 3.63) is 93.9 Å². The van der Waals surface area contributed by atoms with Gasteiger partial charge in [-0.25, -0.2) is 23.8 Å². The number of nitrogens with one attached hydrogen (secondary N) is 1. The number of piperidine rings is 1. The zero-order valence-corrected chi connectivity index (χ0v) is 23.7. The largest absolute Gasteiger partial charge is 0.436 e. The first kappa shape index (κ1) is 28.7. The number of ether oxygens (including phenoxy) is 1. The lowest BCUT2D eigenvalue weighted by Crippen LogP contribution is -2.38. The molecule has 2 aromatic carbocycles. The Balaban J connectivity index is 1.30. The van der Waals surface area contributed by atoms with E-state index in [2.05, 4.69) is 15.3 Å². The van der Waals surface area contributed by atoms with E-state index in [9.17, 15) is 14.4 Å². The van der Waals surface area contributed by atoms with Crippen molar-refractivity contribution in [2.75, 3.05) is 18.4 Å². The number of rotatable bonds is 9. The van der Waals surface area contributed by atoms with Crippen LogP contribution in [0.25, 0.3) is 5.69 Å². The fraction of sp³-hybridized carbons (Fsp3) is 0.323. The molecule has 4 aromatic rings. The molecule has 0 saturated carbocycles. The molecule has 1 fully saturated rings. The number of Topliss-reactive ketones (excluding diaryl/α,β-unsaturated/α-hetero) is 1. The number of amides is 2. The minimum atomic E-state index is -0.695. The van der Waals surface area contributed by atoms with E-state index in [0.29, 0.717) is 36.6 Å². The Hall–Kier alpha value is -4.80. The summed E-state index contributed by atoms with van der Waals surface area (Å²) < 4.78 is 24.0. The molecule has 0 bridgehead atoms. The summed E-state index contributed by atoms with van der Waals surface area (Å²) >= 11 is 0. The fourth-order valence-corrected chi connectivity index (χ4v) is 5.15. The van der Waals surface area contributed by atoms with Crippen LogP contribution in [-0.4, -0.2) is 49.1 Å². The summed E-state index contributed by atoms with van der Waals surface area (Å²) in [6.45, 7) is 5.70. The van der Waals surface area contributed by atoms with Crippen LogP contribution >= 0.6 is 0 Å². The van der Waals surface area contributed by atoms with Crippen molar-refractivity contribution in [3.8, 4) is 17.3 Å². The number of hydrogen-bond donors (Lipinski definition) is 1. The Morgan fingerprint density at radius 3 is 2.50 bits per heavy atom. The molecule has 42 heavy (non-hydrogen) atoms. The second kappa shape index (κ2) is 12.8. The lowest BCUT2D eigenvalue weighted by atomic mass is 10.0. The van der Waals surface area contributed by atoms with E-state index in [1.54, 1.807) is 17.9 Å². The highest BCUT2D eigenvalue weighted by Crippen LogP contribution is 2.26. The van der Waals surface area contributed by atoms with Gasteiger partial charge >= 0.3 is 6.03 Å². The number of halogens is 1. The standard InChI is InChI=1S/C31H33FN6O4/c1-3-14-37-21(2)29(30(40)38(37)23-10-6-4-7-11-23)25(39)18-22-12-13-26(24(32)17-22)42-28-19-27(33-20-34-28)35-31(41)36-15-8-5-9-16-36/h4,6-7,10-13,17,19-20H,3,5,8-9,14-16,18H2,1-2H3,(H,33,34,35,41). The van der Waals surface area contributed by atoms with Crippen molar-refractivity contribution in [1.82, 2.24) is 24.2 Å². The number of carbonyl (C=O) groups is 2. The van der Waals surface area contributed by atoms with Gasteiger partial charge < -0.3 is 9.64 Å². The van der Waals surface area contributed by atoms with Gasteiger partial charge in [0.1, 0.15) is 17.7 Å². The average molecular weight is 573 g/mol. The zero-order chi connectivity index (χ0) is 29.6. The Bertz CT molecular complexity index is 1640. The van der Waals surface area contributed by atoms with Crippen LogP contribution < -0.4 is 15.6 Å². The number of benzene rings is 2. The first-order valence-corrected chi connectivity index (χ1v) is 14.1. The maximum Gasteiger partial charge on any atom is 0.323 e. The minimum Gasteiger partial charge on any atom is -0.436 e. The monoisotopic (exact) mass is 572 g/mol. The highest BCUT2D eigenvalue weighted by Gasteiger charge is 2.24. The van der Waals surface area contributed by atoms with Crippen LogP contribution in [0.2, 0.25) is 0 Å². The summed E-state index contributed by atoms with van der Waals surface area (Å²) in [5.74, 6) is -0.898. The molecule has 10 nitrogen and oxygen atoms in total. The molecule has 1 N–H and O–H groups in total. The molecule has 218 valence electrons. The second-order valence-electron chi connectivity index (χ2n) is 10.2. The van der Waals surface area contributed by atoms with E-state index in [0.717, 1.165) is 25.7 Å². The Labute approximate surface area is 242 Å². The molecule has 1 aliphatic heterocycles. The lowest BCUT2D eigenvalue weighted by molar-refractivity contribution is 0.0991. The van der Waals surface area contributed by atoms with Crippen LogP contribution in [-0.2, 0) is 13.0 Å². The third-order valence-electron chi connectivity index (χ3n) is 7.21. The molecule has 0 aliphatic carbocycles. The van der Waals surface area contributed by atoms with Gasteiger partial charge in [0, 0.05) is 37.8 Å². The van der Waals surface area contributed by atoms with Gasteiger partial charge in [0.25, 0.3) is 5.56 Å². The first-order chi connectivity index (χ1) is 20.4. The van der Waals surface area contributed by atoms with Crippen molar-refractivity contribution in [2.45, 2.75) is 52.5 Å². The number of carbonyl (C=O) groups excluding carboxylic acids is 2. The van der Waals surface area contributed by atoms with E-state index in [4.69, 9.17) is 4.74 Å². The van der Waals surface area contributed by atoms with Gasteiger partial charge in [-0.3, -0.25) is 19.6 Å². The lowest BCUT2D eigenvalue weighted by Gasteiger charge is -2.26. The quantitative estimate of drug-likeness (QED) is 0.264. The molecular formula is C31H33FN6O4. The smallest absolute Gasteiger partial charge is 0.323 e. The Kier molecular flexibility index (Phi) is 8.75. The number of nitrogens with zero attached hydrogens (tertiary/aromatic N) is 5. The fourth-order valence-electron chi connectivity index (χ4n) is 5.15. The normalized spacial score (nSPS) is 13.2. The summed E-state index contributed by atoms with van der Waals surface area (Å²) in [4.78, 5) is 49.1. The first-order valence-electron chi connectivity index (χ1n) is 14.1. The van der Waals surface area contributed by atoms with Crippen molar-refractivity contribution >= 4 is 17.6 Å². The minimum absolute atomic E-state index is 0.0519. The molecule has 1 aliphatic rings. The van der Waals surface area contributed by atoms with E-state index < -0.39 is 17.2 Å². The number of ketones is 1. The maximum atomic E-state index is 15.1. The van der Waals surface area contributed by atoms with E-state index >= 15 is 4.39 Å². The molecule has 0 atom stereocenters. The predicted octanol–water partition coefficient (Wildman–Crippen LogP) is 5.52. The third kappa shape index (κ3) is 6.24. The van der Waals surface area contributed by atoms with Gasteiger partial charge in [0.15, 0.2) is 17.3 Å². The van der Waals surface area contributed by atoms with E-state index in [-0.39, 0.29) is 35.5 Å². The average Bonchev–Trinajstić information content (AvgIpc) is 3.24. The van der Waals surface area contributed by atoms with E-state index in [1.165, 1.54) is 29.2 Å². The van der Waals surface area contributed by atoms with Crippen LogP contribution in [0.3, 0.4) is 0 Å². The molecular weight excluding hydrogens is 539 g/mol. The predicted molar refractivity (Wildman–Crippen MR) is 156 cm³/mol. The van der Waals surface area contributed by atoms with Gasteiger partial charge in [0.05, 0.1) is 5.69 Å². The topological polar surface area (TPSA) is 111 Å². The van der Waals surface area contributed by atoms with Gasteiger partial charge in [-0.2, -0.15) is 0 Å². The van der Waals surface area contributed by atoms with Crippen LogP contribution in [0.5, 0.6) is 11.6 Å². The van der Waals surface area contributed by atoms with Crippen molar-refractivity contribution in [3.63, 3.8) is 0 Å². The van der Waals surface area contributed by atoms with Crippen LogP contribution in [0, 0.1) is 12.7 Å². The SMILES string of the molecule is CCCn1c(C)c(C(=O)Cc2ccc(Oc3cc(NC(=O)N4CCCCC4)ncn3)c(F)c2)c(=O)n1-c1ccccc1. The summed E-state index contributed by atoms with van der Waals surface area (Å²) in [5.41, 5.74) is 1.33. The molecule has 3 heterocycles. The highest BCUT2D eigenvalue weighted by atomic mass is 19.1. The molecule has 11 heteroatoms. The molecule has 1 saturated heterocycles. The summed E-state index contributed by atoms with van der Waals surface area (Å²) in [6.07, 6.45) is 4.88. The van der Waals surface area contributed by atoms with Crippen molar-refractivity contribution < 1.29 is 18.7 Å². The van der Waals surface area contributed by atoms with Crippen molar-refractivity contribution in [1.29, 1.82) is 0 Å². The van der Waals surface area contributed by atoms with Gasteiger partial charge in [-0.15, -0.1) is 0 Å². The third-order valence-corrected chi connectivity index (χ3v) is 7.21. The second-order valence-corrected chi connectivity index (χ2v) is 10.2. The van der Waals surface area contributed by atoms with Gasteiger partial charge in [-0.1, -0.05) is 31.2 Å². The van der Waals surface area contributed by atoms with E-state index in [1.807, 2.05) is 41.9 Å². The van der Waals surface area contributed by atoms with Gasteiger partial charge in [-0.05, 0) is 62.4 Å². The molecule has 5 rings (SSSR count). The number of para-hydroxylation sites is 1. The Morgan fingerprint density at radius 2 is 1.79 bits per heavy atom. The molecule has 2 amide bonds. The number of likely N-dealkylation sites (tertiary alicyclic amines) is 1. The number of anilines is 1. The summed E-state index contributed by atoms with van der Waals surface area (Å²) in [5, 5.41) is 2.73. The van der Waals surface area contributed by atoms with Crippen LogP contribution in [0.15, 0.2) is 65.7 Å². The maximum absolute atomic E-state index is 15.1. The number of aromatic nitrogens is 4. The zero-order valence-electron chi connectivity index (χ0n) is 23.7. The molecule has 0 unspecified atom stereocenters. The number of urea groups is 1. The Morgan fingerprint density at radius 1 is 1.02 bits per heavy atom. The molecule has 0 radical (unpaired) electrons. The summed E-state index contributed by atoms with van der Waals surface area (Å²) in [7, 11) is 0. The van der Waals surface area contributed by atoms with Crippen molar-refractivity contribution in [2.24, 2.45) is 0 Å². The highest BCUT2D eigenvalue weighted by molar-refractivity contribution is 5.98. The molecule has 2 aromatic heterocycles. The summed E-state index contributed by atoms with van der Waals surface area (Å²) in [6, 6.07) is 14.5. The van der Waals surface area contributed by atoms with Crippen LogP contribution in [0.1, 0.15) is 54.2 Å². The molecule has 0 spiro atoms.